The fraction of sp³-hybridized carbons (Fsp3) is 0.929. The van der Waals surface area contributed by atoms with Crippen molar-refractivity contribution in [3.05, 3.63) is 0 Å². The van der Waals surface area contributed by atoms with Crippen molar-refractivity contribution in [2.75, 3.05) is 19.8 Å². The fourth-order valence-electron chi connectivity index (χ4n) is 4.85. The molecule has 2 saturated heterocycles. The molecule has 0 saturated carbocycles. The lowest BCUT2D eigenvalue weighted by atomic mass is 9.99. The molecule has 41 heavy (non-hydrogen) atoms. The molecule has 6 N–H and O–H groups in total. The zero-order valence-electron chi connectivity index (χ0n) is 24.3. The van der Waals surface area contributed by atoms with Gasteiger partial charge in [-0.2, -0.15) is 0 Å². The van der Waals surface area contributed by atoms with Crippen molar-refractivity contribution in [2.45, 2.75) is 146 Å². The molecule has 13 nitrogen and oxygen atoms in total. The van der Waals surface area contributed by atoms with Gasteiger partial charge in [0.2, 0.25) is 5.79 Å². The Bertz CT molecular complexity index is 767. The second kappa shape index (κ2) is 18.3. The third-order valence-electron chi connectivity index (χ3n) is 7.50. The van der Waals surface area contributed by atoms with Crippen LogP contribution in [0.25, 0.3) is 0 Å². The molecule has 0 amide bonds. The number of hydrogen-bond donors (Lipinski definition) is 6. The van der Waals surface area contributed by atoms with Crippen LogP contribution in [-0.4, -0.2) is 117 Å². The van der Waals surface area contributed by atoms with Gasteiger partial charge in [-0.1, -0.05) is 65.2 Å². The Balaban J connectivity index is 1.92. The average molecular weight is 595 g/mol. The molecule has 13 heteroatoms. The van der Waals surface area contributed by atoms with Gasteiger partial charge in [0.25, 0.3) is 0 Å². The molecular weight excluding hydrogens is 544 g/mol. The smallest absolute Gasteiger partial charge is 0.305 e. The van der Waals surface area contributed by atoms with Crippen LogP contribution >= 0.6 is 0 Å². The summed E-state index contributed by atoms with van der Waals surface area (Å²) in [4.78, 5) is 24.2. The summed E-state index contributed by atoms with van der Waals surface area (Å²) in [6.07, 6.45) is -3.35. The highest BCUT2D eigenvalue weighted by molar-refractivity contribution is 5.69. The highest BCUT2D eigenvalue weighted by Crippen LogP contribution is 2.36. The molecule has 2 rings (SSSR count). The van der Waals surface area contributed by atoms with Crippen LogP contribution in [0.15, 0.2) is 0 Å². The molecule has 0 spiro atoms. The maximum absolute atomic E-state index is 12.1. The van der Waals surface area contributed by atoms with E-state index < -0.39 is 86.6 Å². The SMILES string of the molecule is CCCCCCCC(=O)OC[C@H]1O[C@@](CO)(O[C@H]2O[C@H](COC(=O)CCCCCCC)[C@@H](O)[C@H](O)[C@H]2O)[C@@H](O)[C@@H]1O. The standard InChI is InChI=1S/C28H50O13/c1-3-5-7-9-11-13-20(30)37-15-18-22(32)24(34)25(35)27(39-18)41-28(17-29)26(36)23(33)19(40-28)16-38-21(31)14-12-10-8-6-4-2/h18-19,22-27,29,32-36H,3-17H2,1-2H3/t18-,19-,22-,23-,24+,25-,26+,27-,28+/m1/s1. The molecule has 2 heterocycles. The van der Waals surface area contributed by atoms with Crippen molar-refractivity contribution in [1.29, 1.82) is 0 Å². The van der Waals surface area contributed by atoms with Crippen molar-refractivity contribution in [3.8, 4) is 0 Å². The van der Waals surface area contributed by atoms with E-state index in [-0.39, 0.29) is 12.8 Å². The second-order valence-corrected chi connectivity index (χ2v) is 10.9. The largest absolute Gasteiger partial charge is 0.463 e. The van der Waals surface area contributed by atoms with Crippen molar-refractivity contribution >= 4 is 11.9 Å². The number of hydrogen-bond acceptors (Lipinski definition) is 13. The van der Waals surface area contributed by atoms with Gasteiger partial charge in [-0.3, -0.25) is 9.59 Å². The Hall–Kier alpha value is -1.42. The summed E-state index contributed by atoms with van der Waals surface area (Å²) in [6.45, 7) is 2.29. The molecule has 0 aromatic heterocycles. The number of esters is 2. The van der Waals surface area contributed by atoms with E-state index in [0.717, 1.165) is 51.4 Å². The molecule has 240 valence electrons. The Morgan fingerprint density at radius 2 is 1.20 bits per heavy atom. The summed E-state index contributed by atoms with van der Waals surface area (Å²) in [6, 6.07) is 0. The molecule has 0 aromatic carbocycles. The van der Waals surface area contributed by atoms with Crippen LogP contribution < -0.4 is 0 Å². The monoisotopic (exact) mass is 594 g/mol. The lowest BCUT2D eigenvalue weighted by molar-refractivity contribution is -0.383. The summed E-state index contributed by atoms with van der Waals surface area (Å²) < 4.78 is 27.0. The van der Waals surface area contributed by atoms with Gasteiger partial charge < -0.3 is 54.3 Å². The summed E-state index contributed by atoms with van der Waals surface area (Å²) in [7, 11) is 0. The van der Waals surface area contributed by atoms with E-state index >= 15 is 0 Å². The molecule has 0 bridgehead atoms. The Morgan fingerprint density at radius 1 is 0.683 bits per heavy atom. The molecule has 0 radical (unpaired) electrons. The first-order chi connectivity index (χ1) is 19.6. The Kier molecular flexibility index (Phi) is 16.0. The van der Waals surface area contributed by atoms with E-state index in [1.807, 2.05) is 0 Å². The van der Waals surface area contributed by atoms with Gasteiger partial charge in [-0.25, -0.2) is 0 Å². The van der Waals surface area contributed by atoms with E-state index in [4.69, 9.17) is 23.7 Å². The van der Waals surface area contributed by atoms with Gasteiger partial charge in [0, 0.05) is 12.8 Å². The number of aliphatic hydroxyl groups is 6. The third kappa shape index (κ3) is 10.7. The predicted molar refractivity (Wildman–Crippen MR) is 143 cm³/mol. The number of carbonyl (C=O) groups is 2. The lowest BCUT2D eigenvalue weighted by Gasteiger charge is -2.43. The average Bonchev–Trinajstić information content (AvgIpc) is 3.20. The first-order valence-electron chi connectivity index (χ1n) is 14.9. The van der Waals surface area contributed by atoms with E-state index in [1.165, 1.54) is 0 Å². The molecule has 0 aromatic rings. The molecule has 0 aliphatic carbocycles. The quantitative estimate of drug-likeness (QED) is 0.0888. The molecule has 0 unspecified atom stereocenters. The second-order valence-electron chi connectivity index (χ2n) is 10.9. The summed E-state index contributed by atoms with van der Waals surface area (Å²) in [5.74, 6) is -3.33. The van der Waals surface area contributed by atoms with Gasteiger partial charge in [0.15, 0.2) is 6.29 Å². The Morgan fingerprint density at radius 3 is 1.71 bits per heavy atom. The maximum atomic E-state index is 12.1. The predicted octanol–water partition coefficient (Wildman–Crippen LogP) is 0.427. The summed E-state index contributed by atoms with van der Waals surface area (Å²) >= 11 is 0. The highest BCUT2D eigenvalue weighted by atomic mass is 16.8. The van der Waals surface area contributed by atoms with Gasteiger partial charge >= 0.3 is 11.9 Å². The fourth-order valence-corrected chi connectivity index (χ4v) is 4.85. The number of ether oxygens (including phenoxy) is 5. The molecular formula is C28H50O13. The van der Waals surface area contributed by atoms with Crippen molar-refractivity contribution < 1.29 is 63.9 Å². The van der Waals surface area contributed by atoms with Crippen LogP contribution in [0.4, 0.5) is 0 Å². The van der Waals surface area contributed by atoms with Crippen LogP contribution in [0.1, 0.15) is 90.9 Å². The molecule has 2 aliphatic heterocycles. The lowest BCUT2D eigenvalue weighted by Crippen LogP contribution is -2.62. The van der Waals surface area contributed by atoms with Crippen LogP contribution in [-0.2, 0) is 33.3 Å². The minimum Gasteiger partial charge on any atom is -0.463 e. The summed E-state index contributed by atoms with van der Waals surface area (Å²) in [5, 5.41) is 62.4. The number of carbonyl (C=O) groups excluding carboxylic acids is 2. The first kappa shape index (κ1) is 35.8. The Labute approximate surface area is 241 Å². The van der Waals surface area contributed by atoms with E-state index in [2.05, 4.69) is 13.8 Å². The molecule has 2 aliphatic rings. The zero-order valence-corrected chi connectivity index (χ0v) is 24.3. The molecule has 9 atom stereocenters. The molecule has 2 fully saturated rings. The van der Waals surface area contributed by atoms with Gasteiger partial charge in [0.05, 0.1) is 0 Å². The van der Waals surface area contributed by atoms with Crippen LogP contribution in [0.3, 0.4) is 0 Å². The van der Waals surface area contributed by atoms with Gasteiger partial charge in [-0.05, 0) is 12.8 Å². The zero-order chi connectivity index (χ0) is 30.4. The van der Waals surface area contributed by atoms with E-state index in [9.17, 15) is 40.2 Å². The van der Waals surface area contributed by atoms with Crippen molar-refractivity contribution in [2.24, 2.45) is 0 Å². The van der Waals surface area contributed by atoms with Crippen molar-refractivity contribution in [3.63, 3.8) is 0 Å². The van der Waals surface area contributed by atoms with E-state index in [1.54, 1.807) is 0 Å². The van der Waals surface area contributed by atoms with Crippen LogP contribution in [0.2, 0.25) is 0 Å². The third-order valence-corrected chi connectivity index (χ3v) is 7.50. The topological polar surface area (TPSA) is 202 Å². The van der Waals surface area contributed by atoms with Crippen LogP contribution in [0.5, 0.6) is 0 Å². The number of unbranched alkanes of at least 4 members (excludes halogenated alkanes) is 8. The highest BCUT2D eigenvalue weighted by Gasteiger charge is 2.58. The summed E-state index contributed by atoms with van der Waals surface area (Å²) in [5.41, 5.74) is 0. The van der Waals surface area contributed by atoms with Gasteiger partial charge in [-0.15, -0.1) is 0 Å². The van der Waals surface area contributed by atoms with E-state index in [0.29, 0.717) is 12.8 Å². The minimum atomic E-state index is -2.32. The number of aliphatic hydroxyl groups excluding tert-OH is 6. The van der Waals surface area contributed by atoms with Gasteiger partial charge in [0.1, 0.15) is 62.5 Å². The maximum Gasteiger partial charge on any atom is 0.305 e. The van der Waals surface area contributed by atoms with Crippen LogP contribution in [0, 0.1) is 0 Å². The first-order valence-corrected chi connectivity index (χ1v) is 14.9. The normalized spacial score (nSPS) is 33.6. The minimum absolute atomic E-state index is 0.175. The number of rotatable bonds is 19. The van der Waals surface area contributed by atoms with Crippen molar-refractivity contribution in [1.82, 2.24) is 0 Å².